The van der Waals surface area contributed by atoms with E-state index < -0.39 is 0 Å². The Hall–Kier alpha value is -1.39. The van der Waals surface area contributed by atoms with E-state index >= 15 is 0 Å². The van der Waals surface area contributed by atoms with Crippen LogP contribution in [0.4, 0.5) is 0 Å². The van der Waals surface area contributed by atoms with E-state index in [4.69, 9.17) is 0 Å². The molecule has 0 bridgehead atoms. The fourth-order valence-electron chi connectivity index (χ4n) is 4.21. The van der Waals surface area contributed by atoms with E-state index in [1.807, 2.05) is 12.1 Å². The number of piperidine rings is 1. The number of rotatable bonds is 7. The van der Waals surface area contributed by atoms with Gasteiger partial charge in [0.15, 0.2) is 0 Å². The summed E-state index contributed by atoms with van der Waals surface area (Å²) >= 11 is 0. The lowest BCUT2D eigenvalue weighted by Gasteiger charge is -2.30. The van der Waals surface area contributed by atoms with Crippen LogP contribution in [0.3, 0.4) is 0 Å². The molecule has 150 valence electrons. The van der Waals surface area contributed by atoms with E-state index in [2.05, 4.69) is 34.2 Å². The third kappa shape index (κ3) is 6.93. The zero-order valence-electron chi connectivity index (χ0n) is 17.1. The van der Waals surface area contributed by atoms with Gasteiger partial charge >= 0.3 is 0 Å². The molecule has 1 aromatic rings. The molecule has 2 aliphatic rings. The zero-order chi connectivity index (χ0) is 18.9. The first-order valence-corrected chi connectivity index (χ1v) is 11.0. The number of hydrogen-bond acceptors (Lipinski definition) is 3. The molecule has 0 radical (unpaired) electrons. The quantitative estimate of drug-likeness (QED) is 0.738. The molecule has 1 aromatic carbocycles. The molecule has 0 spiro atoms. The number of benzene rings is 1. The van der Waals surface area contributed by atoms with E-state index in [0.29, 0.717) is 0 Å². The van der Waals surface area contributed by atoms with Crippen LogP contribution in [0.15, 0.2) is 24.3 Å². The van der Waals surface area contributed by atoms with Gasteiger partial charge < -0.3 is 10.2 Å². The fraction of sp³-hybridized carbons (Fsp3) is 0.696. The molecule has 2 saturated heterocycles. The predicted octanol–water partition coefficient (Wildman–Crippen LogP) is 3.91. The molecule has 0 saturated carbocycles. The Labute approximate surface area is 165 Å². The van der Waals surface area contributed by atoms with Gasteiger partial charge in [-0.25, -0.2) is 0 Å². The van der Waals surface area contributed by atoms with Gasteiger partial charge in [0.25, 0.3) is 5.91 Å². The Bertz CT molecular complexity index is 555. The van der Waals surface area contributed by atoms with Crippen LogP contribution in [0.1, 0.15) is 67.8 Å². The van der Waals surface area contributed by atoms with Crippen LogP contribution in [0.2, 0.25) is 0 Å². The van der Waals surface area contributed by atoms with Crippen molar-refractivity contribution in [2.24, 2.45) is 5.92 Å². The molecule has 27 heavy (non-hydrogen) atoms. The molecule has 0 aromatic heterocycles. The topological polar surface area (TPSA) is 35.6 Å². The van der Waals surface area contributed by atoms with Crippen LogP contribution in [-0.2, 0) is 6.54 Å². The molecule has 2 fully saturated rings. The summed E-state index contributed by atoms with van der Waals surface area (Å²) in [5.41, 5.74) is 2.09. The van der Waals surface area contributed by atoms with Crippen LogP contribution in [0.5, 0.6) is 0 Å². The van der Waals surface area contributed by atoms with Gasteiger partial charge in [0.2, 0.25) is 0 Å². The minimum absolute atomic E-state index is 0.0595. The van der Waals surface area contributed by atoms with E-state index in [1.165, 1.54) is 70.3 Å². The molecule has 2 aliphatic heterocycles. The molecule has 0 aliphatic carbocycles. The van der Waals surface area contributed by atoms with Gasteiger partial charge in [0, 0.05) is 18.7 Å². The lowest BCUT2D eigenvalue weighted by Crippen LogP contribution is -2.32. The van der Waals surface area contributed by atoms with Crippen molar-refractivity contribution in [3.8, 4) is 0 Å². The largest absolute Gasteiger partial charge is 0.352 e. The van der Waals surface area contributed by atoms with E-state index in [1.54, 1.807) is 0 Å². The smallest absolute Gasteiger partial charge is 0.251 e. The first-order valence-electron chi connectivity index (χ1n) is 11.0. The Balaban J connectivity index is 1.35. The predicted molar refractivity (Wildman–Crippen MR) is 112 cm³/mol. The Kier molecular flexibility index (Phi) is 8.15. The van der Waals surface area contributed by atoms with Crippen LogP contribution in [0.25, 0.3) is 0 Å². The first-order chi connectivity index (χ1) is 13.2. The van der Waals surface area contributed by atoms with Gasteiger partial charge in [0.1, 0.15) is 0 Å². The normalized spacial score (nSPS) is 20.3. The second kappa shape index (κ2) is 10.8. The summed E-state index contributed by atoms with van der Waals surface area (Å²) in [6, 6.07) is 8.19. The minimum Gasteiger partial charge on any atom is -0.352 e. The maximum Gasteiger partial charge on any atom is 0.251 e. The van der Waals surface area contributed by atoms with Crippen LogP contribution >= 0.6 is 0 Å². The number of nitrogens with zero attached hydrogens (tertiary/aromatic N) is 2. The molecule has 4 nitrogen and oxygen atoms in total. The first kappa shape index (κ1) is 20.3. The second-order valence-corrected chi connectivity index (χ2v) is 8.52. The second-order valence-electron chi connectivity index (χ2n) is 8.52. The van der Waals surface area contributed by atoms with Crippen molar-refractivity contribution in [2.45, 2.75) is 58.4 Å². The molecule has 1 N–H and O–H groups in total. The molecule has 0 unspecified atom stereocenters. The highest BCUT2D eigenvalue weighted by atomic mass is 16.1. The number of carbonyl (C=O) groups excluding carboxylic acids is 1. The maximum atomic E-state index is 12.4. The standard InChI is InChI=1S/C23H37N3O/c1-20-11-17-26(18-12-20)19-21-7-9-22(10-8-21)23(27)24-13-6-16-25-14-4-2-3-5-15-25/h7-10,20H,2-6,11-19H2,1H3,(H,24,27). The van der Waals surface area contributed by atoms with Crippen LogP contribution < -0.4 is 5.32 Å². The third-order valence-corrected chi connectivity index (χ3v) is 6.13. The summed E-state index contributed by atoms with van der Waals surface area (Å²) < 4.78 is 0. The molecule has 4 heteroatoms. The van der Waals surface area contributed by atoms with Gasteiger partial charge in [0.05, 0.1) is 0 Å². The average molecular weight is 372 g/mol. The van der Waals surface area contributed by atoms with Gasteiger partial charge in [-0.05, 0) is 88.4 Å². The highest BCUT2D eigenvalue weighted by Gasteiger charge is 2.16. The third-order valence-electron chi connectivity index (χ3n) is 6.13. The number of amides is 1. The highest BCUT2D eigenvalue weighted by molar-refractivity contribution is 5.94. The molecule has 2 heterocycles. The monoisotopic (exact) mass is 371 g/mol. The maximum absolute atomic E-state index is 12.4. The molecule has 0 atom stereocenters. The number of nitrogens with one attached hydrogen (secondary N) is 1. The van der Waals surface area contributed by atoms with Crippen LogP contribution in [0, 0.1) is 5.92 Å². The summed E-state index contributed by atoms with van der Waals surface area (Å²) in [5, 5.41) is 3.08. The van der Waals surface area contributed by atoms with E-state index in [0.717, 1.165) is 37.5 Å². The summed E-state index contributed by atoms with van der Waals surface area (Å²) in [6.45, 7) is 10.1. The zero-order valence-corrected chi connectivity index (χ0v) is 17.1. The van der Waals surface area contributed by atoms with E-state index in [9.17, 15) is 4.79 Å². The van der Waals surface area contributed by atoms with Crippen molar-refractivity contribution < 1.29 is 4.79 Å². The lowest BCUT2D eigenvalue weighted by atomic mass is 9.99. The van der Waals surface area contributed by atoms with Crippen molar-refractivity contribution >= 4 is 5.91 Å². The summed E-state index contributed by atoms with van der Waals surface area (Å²) in [7, 11) is 0. The van der Waals surface area contributed by atoms with Gasteiger partial charge in [-0.2, -0.15) is 0 Å². The number of hydrogen-bond donors (Lipinski definition) is 1. The average Bonchev–Trinajstić information content (AvgIpc) is 2.96. The van der Waals surface area contributed by atoms with Crippen molar-refractivity contribution in [3.05, 3.63) is 35.4 Å². The SMILES string of the molecule is CC1CCN(Cc2ccc(C(=O)NCCCN3CCCCCC3)cc2)CC1. The fourth-order valence-corrected chi connectivity index (χ4v) is 4.21. The van der Waals surface area contributed by atoms with Crippen molar-refractivity contribution in [1.82, 2.24) is 15.1 Å². The summed E-state index contributed by atoms with van der Waals surface area (Å²) in [4.78, 5) is 17.4. The molecule has 3 rings (SSSR count). The molecular formula is C23H37N3O. The number of likely N-dealkylation sites (tertiary alicyclic amines) is 2. The highest BCUT2D eigenvalue weighted by Crippen LogP contribution is 2.18. The van der Waals surface area contributed by atoms with Crippen molar-refractivity contribution in [1.29, 1.82) is 0 Å². The Morgan fingerprint density at radius 1 is 0.963 bits per heavy atom. The van der Waals surface area contributed by atoms with Crippen LogP contribution in [-0.4, -0.2) is 55.0 Å². The minimum atomic E-state index is 0.0595. The summed E-state index contributed by atoms with van der Waals surface area (Å²) in [5.74, 6) is 0.927. The number of carbonyl (C=O) groups is 1. The molecular weight excluding hydrogens is 334 g/mol. The Morgan fingerprint density at radius 2 is 1.63 bits per heavy atom. The van der Waals surface area contributed by atoms with Gasteiger partial charge in [-0.15, -0.1) is 0 Å². The van der Waals surface area contributed by atoms with Crippen molar-refractivity contribution in [3.63, 3.8) is 0 Å². The Morgan fingerprint density at radius 3 is 2.30 bits per heavy atom. The summed E-state index contributed by atoms with van der Waals surface area (Å²) in [6.07, 6.45) is 9.05. The van der Waals surface area contributed by atoms with Crippen molar-refractivity contribution in [2.75, 3.05) is 39.3 Å². The van der Waals surface area contributed by atoms with Gasteiger partial charge in [-0.1, -0.05) is 31.9 Å². The van der Waals surface area contributed by atoms with Gasteiger partial charge in [-0.3, -0.25) is 9.69 Å². The molecule has 1 amide bonds. The van der Waals surface area contributed by atoms with E-state index in [-0.39, 0.29) is 5.91 Å². The lowest BCUT2D eigenvalue weighted by molar-refractivity contribution is 0.0951.